The predicted octanol–water partition coefficient (Wildman–Crippen LogP) is 4.95. The molecule has 3 aromatic rings. The molecule has 0 aliphatic carbocycles. The van der Waals surface area contributed by atoms with Crippen LogP contribution in [0.25, 0.3) is 0 Å². The maximum absolute atomic E-state index is 7.17. The summed E-state index contributed by atoms with van der Waals surface area (Å²) in [7, 11) is -2.64. The Morgan fingerprint density at radius 3 is 1.85 bits per heavy atom. The molecule has 6 heteroatoms. The predicted molar refractivity (Wildman–Crippen MR) is 139 cm³/mol. The quantitative estimate of drug-likeness (QED) is 0.377. The van der Waals surface area contributed by atoms with Crippen LogP contribution in [-0.2, 0) is 20.5 Å². The molecule has 4 rings (SSSR count). The molecular weight excluding hydrogens is 535 g/mol. The van der Waals surface area contributed by atoms with Gasteiger partial charge in [-0.05, 0) is 0 Å². The van der Waals surface area contributed by atoms with E-state index in [0.29, 0.717) is 19.8 Å². The van der Waals surface area contributed by atoms with Crippen LogP contribution in [0.4, 0.5) is 0 Å². The molecule has 2 aromatic carbocycles. The van der Waals surface area contributed by atoms with Gasteiger partial charge in [-0.25, -0.2) is 0 Å². The zero-order valence-electron chi connectivity index (χ0n) is 20.7. The molecule has 1 aliphatic rings. The van der Waals surface area contributed by atoms with Crippen LogP contribution in [0.1, 0.15) is 38.4 Å². The summed E-state index contributed by atoms with van der Waals surface area (Å²) in [4.78, 5) is 7.08. The van der Waals surface area contributed by atoms with Crippen LogP contribution in [-0.4, -0.2) is 39.9 Å². The van der Waals surface area contributed by atoms with Crippen molar-refractivity contribution in [2.45, 2.75) is 53.5 Å². The van der Waals surface area contributed by atoms with E-state index in [4.69, 9.17) is 18.3 Å². The van der Waals surface area contributed by atoms with E-state index in [-0.39, 0.29) is 5.04 Å². The molecule has 1 saturated heterocycles. The summed E-state index contributed by atoms with van der Waals surface area (Å²) in [6, 6.07) is 23.7. The Balaban J connectivity index is 1.79. The zero-order chi connectivity index (χ0) is 23.7. The van der Waals surface area contributed by atoms with Gasteiger partial charge in [0.15, 0.2) is 0 Å². The molecule has 0 N–H and O–H groups in total. The summed E-state index contributed by atoms with van der Waals surface area (Å²) < 4.78 is 26.4. The third-order valence-corrected chi connectivity index (χ3v) is 16.2. The van der Waals surface area contributed by atoms with Crippen molar-refractivity contribution in [1.29, 1.82) is 0 Å². The molecule has 1 aromatic heterocycles. The van der Waals surface area contributed by atoms with Gasteiger partial charge in [0.25, 0.3) is 0 Å². The Morgan fingerprint density at radius 2 is 1.39 bits per heavy atom. The monoisotopic (exact) mass is 572 g/mol. The van der Waals surface area contributed by atoms with E-state index in [9.17, 15) is 0 Å². The summed E-state index contributed by atoms with van der Waals surface area (Å²) in [5.41, 5.74) is 1.05. The topological polar surface area (TPSA) is 40.8 Å². The second-order valence-corrected chi connectivity index (χ2v) is 29.3. The molecule has 176 valence electrons. The summed E-state index contributed by atoms with van der Waals surface area (Å²) in [5, 5.41) is 2.47. The van der Waals surface area contributed by atoms with Gasteiger partial charge in [-0.2, -0.15) is 0 Å². The summed E-state index contributed by atoms with van der Waals surface area (Å²) in [6.07, 6.45) is -0.440. The molecule has 4 nitrogen and oxygen atoms in total. The standard InChI is InChI=1S/C24H27O4Si.3CH3.Sn/c1-24(2,3)29(20-10-6-4-7-11-20,21-12-8-5-9-13-21)28-18-19-14-15-25-22(19)23-26-16-17-27-23;;;;/h4-14,23H,16-18H2,1-3H3;3*1H3;. The minimum atomic E-state index is -2.64. The first kappa shape index (κ1) is 24.7. The number of benzene rings is 2. The maximum atomic E-state index is 7.17. The van der Waals surface area contributed by atoms with Gasteiger partial charge < -0.3 is 0 Å². The first-order chi connectivity index (χ1) is 15.6. The van der Waals surface area contributed by atoms with Crippen molar-refractivity contribution in [2.75, 3.05) is 13.2 Å². The van der Waals surface area contributed by atoms with Crippen molar-refractivity contribution in [3.05, 3.63) is 78.1 Å². The fraction of sp³-hybridized carbons (Fsp3) is 0.407. The molecule has 33 heavy (non-hydrogen) atoms. The van der Waals surface area contributed by atoms with E-state index >= 15 is 0 Å². The fourth-order valence-electron chi connectivity index (χ4n) is 4.58. The molecule has 0 saturated carbocycles. The molecule has 1 aliphatic heterocycles. The van der Waals surface area contributed by atoms with Crippen LogP contribution < -0.4 is 14.1 Å². The average Bonchev–Trinajstić information content (AvgIpc) is 3.44. The summed E-state index contributed by atoms with van der Waals surface area (Å²) >= 11 is -2.44. The SMILES string of the molecule is CC(C)(C)[Si](OCc1c[c]([Sn]([CH3])([CH3])[CH3])oc1C1OCCO1)(c1ccccc1)c1ccccc1. The van der Waals surface area contributed by atoms with Crippen LogP contribution in [0, 0.1) is 0 Å². The minimum absolute atomic E-state index is 0.0773. The van der Waals surface area contributed by atoms with Crippen molar-refractivity contribution in [3.63, 3.8) is 0 Å². The van der Waals surface area contributed by atoms with Crippen LogP contribution in [0.3, 0.4) is 0 Å². The van der Waals surface area contributed by atoms with Gasteiger partial charge in [-0.15, -0.1) is 0 Å². The van der Waals surface area contributed by atoms with Crippen LogP contribution in [0.15, 0.2) is 71.1 Å². The van der Waals surface area contributed by atoms with E-state index in [0.717, 1.165) is 15.1 Å². The Morgan fingerprint density at radius 1 is 0.879 bits per heavy atom. The molecule has 0 atom stereocenters. The van der Waals surface area contributed by atoms with E-state index in [2.05, 4.69) is 102 Å². The van der Waals surface area contributed by atoms with Crippen molar-refractivity contribution >= 4 is 40.8 Å². The summed E-state index contributed by atoms with van der Waals surface area (Å²) in [6.45, 7) is 8.56. The van der Waals surface area contributed by atoms with E-state index in [1.165, 1.54) is 10.4 Å². The Hall–Kier alpha value is -1.38. The third-order valence-electron chi connectivity index (χ3n) is 6.28. The summed E-state index contributed by atoms with van der Waals surface area (Å²) in [5.74, 6) is 0.784. The average molecular weight is 571 g/mol. The molecule has 0 spiro atoms. The van der Waals surface area contributed by atoms with Gasteiger partial charge in [0.2, 0.25) is 0 Å². The van der Waals surface area contributed by atoms with Crippen molar-refractivity contribution in [2.24, 2.45) is 0 Å². The zero-order valence-corrected chi connectivity index (χ0v) is 24.5. The first-order valence-corrected chi connectivity index (χ1v) is 23.6. The third kappa shape index (κ3) is 5.03. The van der Waals surface area contributed by atoms with Crippen LogP contribution >= 0.6 is 0 Å². The fourth-order valence-corrected chi connectivity index (χ4v) is 12.0. The number of hydrogen-bond donors (Lipinski definition) is 0. The molecule has 0 radical (unpaired) electrons. The van der Waals surface area contributed by atoms with Crippen molar-refractivity contribution in [1.82, 2.24) is 0 Å². The normalized spacial score (nSPS) is 15.8. The Bertz CT molecular complexity index is 1010. The molecule has 0 bridgehead atoms. The second kappa shape index (κ2) is 9.70. The number of ether oxygens (including phenoxy) is 2. The van der Waals surface area contributed by atoms with Gasteiger partial charge in [0.1, 0.15) is 0 Å². The second-order valence-electron chi connectivity index (χ2n) is 10.8. The van der Waals surface area contributed by atoms with Crippen LogP contribution in [0.2, 0.25) is 19.9 Å². The van der Waals surface area contributed by atoms with Gasteiger partial charge in [-0.1, -0.05) is 0 Å². The van der Waals surface area contributed by atoms with Crippen LogP contribution in [0.5, 0.6) is 0 Å². The van der Waals surface area contributed by atoms with Gasteiger partial charge in [-0.3, -0.25) is 0 Å². The molecule has 2 heterocycles. The van der Waals surface area contributed by atoms with Gasteiger partial charge in [0.05, 0.1) is 0 Å². The Labute approximate surface area is 203 Å². The number of furan rings is 1. The number of hydrogen-bond acceptors (Lipinski definition) is 4. The Kier molecular flexibility index (Phi) is 7.27. The van der Waals surface area contributed by atoms with Gasteiger partial charge >= 0.3 is 204 Å². The molecular formula is C27H36O4SiSn. The van der Waals surface area contributed by atoms with Gasteiger partial charge in [0, 0.05) is 0 Å². The number of rotatable bonds is 7. The van der Waals surface area contributed by atoms with E-state index < -0.39 is 33.0 Å². The van der Waals surface area contributed by atoms with E-state index in [1.54, 1.807) is 0 Å². The molecule has 1 fully saturated rings. The van der Waals surface area contributed by atoms with Crippen molar-refractivity contribution in [3.8, 4) is 0 Å². The molecule has 0 unspecified atom stereocenters. The van der Waals surface area contributed by atoms with Crippen molar-refractivity contribution < 1.29 is 18.3 Å². The first-order valence-electron chi connectivity index (χ1n) is 11.7. The molecule has 0 amide bonds. The van der Waals surface area contributed by atoms with E-state index in [1.807, 2.05) is 0 Å².